The molecule has 1 aliphatic rings. The van der Waals surface area contributed by atoms with E-state index in [1.54, 1.807) is 0 Å². The first kappa shape index (κ1) is 14.2. The van der Waals surface area contributed by atoms with Crippen LogP contribution in [0.5, 0.6) is 0 Å². The normalized spacial score (nSPS) is 15.0. The number of hydrogen-bond acceptors (Lipinski definition) is 4. The molecule has 21 heavy (non-hydrogen) atoms. The summed E-state index contributed by atoms with van der Waals surface area (Å²) in [6.45, 7) is 2.98. The maximum Gasteiger partial charge on any atom is 0.291 e. The number of furan rings is 1. The Morgan fingerprint density at radius 3 is 2.90 bits per heavy atom. The molecule has 0 atom stereocenters. The van der Waals surface area contributed by atoms with E-state index < -0.39 is 0 Å². The molecule has 2 aromatic rings. The van der Waals surface area contributed by atoms with Gasteiger partial charge in [-0.1, -0.05) is 18.0 Å². The smallest absolute Gasteiger partial charge is 0.291 e. The van der Waals surface area contributed by atoms with Crippen LogP contribution in [0.15, 0.2) is 27.5 Å². The molecular formula is C15H18ClN3O2. The van der Waals surface area contributed by atoms with Crippen LogP contribution in [0.3, 0.4) is 0 Å². The molecule has 1 saturated carbocycles. The van der Waals surface area contributed by atoms with Crippen LogP contribution in [-0.2, 0) is 13.1 Å². The second-order valence-corrected chi connectivity index (χ2v) is 5.92. The zero-order valence-corrected chi connectivity index (χ0v) is 12.7. The lowest BCUT2D eigenvalue weighted by atomic mass is 9.85. The number of nitrogens with one attached hydrogen (secondary N) is 1. The summed E-state index contributed by atoms with van der Waals surface area (Å²) in [5, 5.41) is 7.53. The summed E-state index contributed by atoms with van der Waals surface area (Å²) in [6.07, 6.45) is 5.11. The van der Waals surface area contributed by atoms with E-state index in [2.05, 4.69) is 10.4 Å². The molecule has 0 aromatic carbocycles. The van der Waals surface area contributed by atoms with Gasteiger partial charge in [-0.3, -0.25) is 4.79 Å². The van der Waals surface area contributed by atoms with Crippen molar-refractivity contribution in [3.8, 4) is 0 Å². The maximum absolute atomic E-state index is 12.4. The third kappa shape index (κ3) is 3.13. The Morgan fingerprint density at radius 1 is 1.48 bits per heavy atom. The number of nitrogens with zero attached hydrogens (tertiary/aromatic N) is 2. The van der Waals surface area contributed by atoms with Crippen molar-refractivity contribution >= 4 is 17.3 Å². The van der Waals surface area contributed by atoms with E-state index in [9.17, 15) is 4.79 Å². The van der Waals surface area contributed by atoms with Crippen molar-refractivity contribution < 1.29 is 4.42 Å². The van der Waals surface area contributed by atoms with Gasteiger partial charge in [0.15, 0.2) is 0 Å². The maximum atomic E-state index is 12.4. The number of aryl methyl sites for hydroxylation is 1. The lowest BCUT2D eigenvalue weighted by Gasteiger charge is -2.25. The zero-order chi connectivity index (χ0) is 14.8. The van der Waals surface area contributed by atoms with Gasteiger partial charge in [-0.15, -0.1) is 0 Å². The van der Waals surface area contributed by atoms with Crippen molar-refractivity contribution in [1.82, 2.24) is 9.78 Å². The van der Waals surface area contributed by atoms with Gasteiger partial charge in [-0.05, 0) is 37.8 Å². The topological polar surface area (TPSA) is 60.1 Å². The minimum absolute atomic E-state index is 0.169. The van der Waals surface area contributed by atoms with Crippen LogP contribution in [0.4, 0.5) is 5.69 Å². The third-order valence-electron chi connectivity index (χ3n) is 3.89. The third-order valence-corrected chi connectivity index (χ3v) is 4.18. The molecule has 6 heteroatoms. The van der Waals surface area contributed by atoms with Crippen LogP contribution in [0.25, 0.3) is 0 Å². The van der Waals surface area contributed by atoms with Gasteiger partial charge in [-0.25, -0.2) is 4.68 Å². The summed E-state index contributed by atoms with van der Waals surface area (Å²) >= 11 is 6.09. The Bertz CT molecular complexity index is 688. The molecule has 2 aromatic heterocycles. The highest BCUT2D eigenvalue weighted by molar-refractivity contribution is 6.32. The van der Waals surface area contributed by atoms with Crippen molar-refractivity contribution in [1.29, 1.82) is 0 Å². The number of halogens is 1. The van der Waals surface area contributed by atoms with Gasteiger partial charge >= 0.3 is 0 Å². The fourth-order valence-corrected chi connectivity index (χ4v) is 2.63. The summed E-state index contributed by atoms with van der Waals surface area (Å²) in [7, 11) is 0. The minimum atomic E-state index is -0.169. The van der Waals surface area contributed by atoms with Crippen molar-refractivity contribution in [2.24, 2.45) is 5.92 Å². The molecule has 112 valence electrons. The first-order valence-electron chi connectivity index (χ1n) is 7.18. The van der Waals surface area contributed by atoms with E-state index in [-0.39, 0.29) is 5.56 Å². The molecule has 0 bridgehead atoms. The highest BCUT2D eigenvalue weighted by Crippen LogP contribution is 2.27. The predicted octanol–water partition coefficient (Wildman–Crippen LogP) is 3.21. The predicted molar refractivity (Wildman–Crippen MR) is 81.6 cm³/mol. The van der Waals surface area contributed by atoms with Gasteiger partial charge in [0.05, 0.1) is 17.8 Å². The van der Waals surface area contributed by atoms with Gasteiger partial charge in [0, 0.05) is 6.54 Å². The zero-order valence-electron chi connectivity index (χ0n) is 11.9. The summed E-state index contributed by atoms with van der Waals surface area (Å²) in [6, 6.07) is 3.77. The molecule has 3 rings (SSSR count). The molecule has 0 spiro atoms. The molecule has 0 amide bonds. The Hall–Kier alpha value is -1.75. The second-order valence-electron chi connectivity index (χ2n) is 5.52. The minimum Gasteiger partial charge on any atom is -0.465 e. The SMILES string of the molecule is Cc1ccc(CNc2c(Cl)cnn(CC3CCC3)c2=O)o1. The highest BCUT2D eigenvalue weighted by Gasteiger charge is 2.20. The quantitative estimate of drug-likeness (QED) is 0.921. The van der Waals surface area contributed by atoms with Gasteiger partial charge in [0.25, 0.3) is 5.56 Å². The molecule has 1 fully saturated rings. The van der Waals surface area contributed by atoms with E-state index in [4.69, 9.17) is 16.0 Å². The van der Waals surface area contributed by atoms with Gasteiger partial charge in [0.1, 0.15) is 17.2 Å². The summed E-state index contributed by atoms with van der Waals surface area (Å²) in [5.41, 5.74) is 0.220. The summed E-state index contributed by atoms with van der Waals surface area (Å²) in [4.78, 5) is 12.4. The molecule has 5 nitrogen and oxygen atoms in total. The van der Waals surface area contributed by atoms with E-state index in [1.807, 2.05) is 19.1 Å². The molecule has 0 aliphatic heterocycles. The molecule has 0 unspecified atom stereocenters. The highest BCUT2D eigenvalue weighted by atomic mass is 35.5. The number of hydrogen-bond donors (Lipinski definition) is 1. The van der Waals surface area contributed by atoms with Crippen molar-refractivity contribution in [2.75, 3.05) is 5.32 Å². The van der Waals surface area contributed by atoms with Crippen LogP contribution in [0.1, 0.15) is 30.8 Å². The lowest BCUT2D eigenvalue weighted by Crippen LogP contribution is -2.30. The summed E-state index contributed by atoms with van der Waals surface area (Å²) in [5.74, 6) is 2.18. The van der Waals surface area contributed by atoms with Crippen molar-refractivity contribution in [2.45, 2.75) is 39.3 Å². The average molecular weight is 308 g/mol. The Labute approximate surface area is 127 Å². The molecule has 0 radical (unpaired) electrons. The fourth-order valence-electron chi connectivity index (χ4n) is 2.43. The Kier molecular flexibility index (Phi) is 4.01. The van der Waals surface area contributed by atoms with Gasteiger partial charge in [-0.2, -0.15) is 5.10 Å². The van der Waals surface area contributed by atoms with Crippen molar-refractivity contribution in [3.05, 3.63) is 45.2 Å². The van der Waals surface area contributed by atoms with E-state index >= 15 is 0 Å². The van der Waals surface area contributed by atoms with E-state index in [0.29, 0.717) is 29.7 Å². The Morgan fingerprint density at radius 2 is 2.29 bits per heavy atom. The van der Waals surface area contributed by atoms with Gasteiger partial charge < -0.3 is 9.73 Å². The Balaban J connectivity index is 1.76. The van der Waals surface area contributed by atoms with Crippen molar-refractivity contribution in [3.63, 3.8) is 0 Å². The first-order valence-corrected chi connectivity index (χ1v) is 7.56. The molecule has 2 heterocycles. The standard InChI is InChI=1S/C15H18ClN3O2/c1-10-5-6-12(21-10)7-17-14-13(16)8-18-19(15(14)20)9-11-3-2-4-11/h5-6,8,11,17H,2-4,7,9H2,1H3. The first-order chi connectivity index (χ1) is 10.1. The number of rotatable bonds is 5. The van der Waals surface area contributed by atoms with Gasteiger partial charge in [0.2, 0.25) is 0 Å². The molecule has 0 saturated heterocycles. The van der Waals surface area contributed by atoms with Crippen LogP contribution >= 0.6 is 11.6 Å². The average Bonchev–Trinajstić information content (AvgIpc) is 2.81. The van der Waals surface area contributed by atoms with Crippen LogP contribution in [-0.4, -0.2) is 9.78 Å². The molecule has 1 aliphatic carbocycles. The molecule has 1 N–H and O–H groups in total. The number of aromatic nitrogens is 2. The van der Waals surface area contributed by atoms with Crippen LogP contribution < -0.4 is 10.9 Å². The van der Waals surface area contributed by atoms with E-state index in [0.717, 1.165) is 11.5 Å². The molecular weight excluding hydrogens is 290 g/mol. The lowest BCUT2D eigenvalue weighted by molar-refractivity contribution is 0.262. The van der Waals surface area contributed by atoms with Crippen LogP contribution in [0, 0.1) is 12.8 Å². The number of anilines is 1. The summed E-state index contributed by atoms with van der Waals surface area (Å²) < 4.78 is 6.98. The largest absolute Gasteiger partial charge is 0.465 e. The second kappa shape index (κ2) is 5.93. The van der Waals surface area contributed by atoms with E-state index in [1.165, 1.54) is 30.1 Å². The van der Waals surface area contributed by atoms with Crippen LogP contribution in [0.2, 0.25) is 5.02 Å². The monoisotopic (exact) mass is 307 g/mol. The fraction of sp³-hybridized carbons (Fsp3) is 0.467.